The van der Waals surface area contributed by atoms with Crippen molar-refractivity contribution in [3.8, 4) is 22.8 Å². The first-order valence-corrected chi connectivity index (χ1v) is 11.5. The lowest BCUT2D eigenvalue weighted by Crippen LogP contribution is -2.24. The molecule has 0 saturated carbocycles. The second kappa shape index (κ2) is 9.44. The molecule has 1 N–H and O–H groups in total. The zero-order valence-corrected chi connectivity index (χ0v) is 19.5. The standard InChI is InChI=1S/C24H22N6O3S/c1-32-18-7-3-16(4-8-18)14-25-22(31)15-34-24-27-26-23-21-13-20(28-30(21)12-11-29(23)24)17-5-9-19(33-2)10-6-17/h3-13H,14-15H2,1-2H3,(H,25,31). The highest BCUT2D eigenvalue weighted by Gasteiger charge is 2.14. The molecule has 0 aliphatic rings. The second-order valence-corrected chi connectivity index (χ2v) is 8.42. The third-order valence-corrected chi connectivity index (χ3v) is 6.30. The average molecular weight is 475 g/mol. The van der Waals surface area contributed by atoms with Gasteiger partial charge in [-0.3, -0.25) is 9.20 Å². The van der Waals surface area contributed by atoms with Crippen LogP contribution in [0.25, 0.3) is 22.4 Å². The highest BCUT2D eigenvalue weighted by Crippen LogP contribution is 2.25. The van der Waals surface area contributed by atoms with Crippen LogP contribution in [0.4, 0.5) is 0 Å². The molecule has 0 fully saturated rings. The molecule has 0 aliphatic heterocycles. The van der Waals surface area contributed by atoms with Gasteiger partial charge in [-0.2, -0.15) is 5.10 Å². The maximum absolute atomic E-state index is 12.4. The lowest BCUT2D eigenvalue weighted by Gasteiger charge is -2.06. The van der Waals surface area contributed by atoms with E-state index >= 15 is 0 Å². The number of rotatable bonds is 8. The number of fused-ring (bicyclic) bond motifs is 3. The number of hydrogen-bond acceptors (Lipinski definition) is 7. The summed E-state index contributed by atoms with van der Waals surface area (Å²) in [6, 6.07) is 17.3. The monoisotopic (exact) mass is 474 g/mol. The van der Waals surface area contributed by atoms with E-state index in [1.165, 1.54) is 11.8 Å². The summed E-state index contributed by atoms with van der Waals surface area (Å²) in [6.45, 7) is 0.453. The molecule has 0 atom stereocenters. The SMILES string of the molecule is COc1ccc(CNC(=O)CSc2nnc3c4cc(-c5ccc(OC)cc5)nn4ccn23)cc1. The van der Waals surface area contributed by atoms with E-state index in [1.54, 1.807) is 18.7 Å². The molecule has 3 heterocycles. The smallest absolute Gasteiger partial charge is 0.230 e. The van der Waals surface area contributed by atoms with Crippen LogP contribution in [-0.4, -0.2) is 50.1 Å². The molecule has 10 heteroatoms. The zero-order valence-electron chi connectivity index (χ0n) is 18.6. The van der Waals surface area contributed by atoms with Crippen molar-refractivity contribution in [3.63, 3.8) is 0 Å². The summed E-state index contributed by atoms with van der Waals surface area (Å²) in [6.07, 6.45) is 3.71. The third-order valence-electron chi connectivity index (χ3n) is 5.35. The lowest BCUT2D eigenvalue weighted by molar-refractivity contribution is -0.118. The van der Waals surface area contributed by atoms with Crippen molar-refractivity contribution in [2.24, 2.45) is 0 Å². The van der Waals surface area contributed by atoms with E-state index in [2.05, 4.69) is 20.6 Å². The largest absolute Gasteiger partial charge is 0.497 e. The van der Waals surface area contributed by atoms with Crippen molar-refractivity contribution < 1.29 is 14.3 Å². The first-order valence-electron chi connectivity index (χ1n) is 10.5. The van der Waals surface area contributed by atoms with E-state index in [0.717, 1.165) is 33.8 Å². The summed E-state index contributed by atoms with van der Waals surface area (Å²) in [5, 5.41) is 16.8. The van der Waals surface area contributed by atoms with E-state index in [1.807, 2.05) is 71.4 Å². The minimum absolute atomic E-state index is 0.0789. The predicted molar refractivity (Wildman–Crippen MR) is 129 cm³/mol. The Bertz CT molecular complexity index is 1440. The van der Waals surface area contributed by atoms with E-state index < -0.39 is 0 Å². The molecule has 0 bridgehead atoms. The molecule has 0 radical (unpaired) electrons. The normalized spacial score (nSPS) is 11.1. The minimum Gasteiger partial charge on any atom is -0.497 e. The van der Waals surface area contributed by atoms with Crippen LogP contribution in [0, 0.1) is 0 Å². The predicted octanol–water partition coefficient (Wildman–Crippen LogP) is 3.47. The van der Waals surface area contributed by atoms with Gasteiger partial charge >= 0.3 is 0 Å². The average Bonchev–Trinajstić information content (AvgIpc) is 3.50. The van der Waals surface area contributed by atoms with Gasteiger partial charge in [0.25, 0.3) is 0 Å². The molecule has 3 aromatic heterocycles. The first-order chi connectivity index (χ1) is 16.6. The molecule has 9 nitrogen and oxygen atoms in total. The molecule has 2 aromatic carbocycles. The third kappa shape index (κ3) is 4.40. The lowest BCUT2D eigenvalue weighted by atomic mass is 10.1. The Kier molecular flexibility index (Phi) is 6.05. The molecule has 0 spiro atoms. The van der Waals surface area contributed by atoms with Gasteiger partial charge in [0.2, 0.25) is 5.91 Å². The van der Waals surface area contributed by atoms with Gasteiger partial charge < -0.3 is 14.8 Å². The number of aromatic nitrogens is 5. The Balaban J connectivity index is 1.27. The van der Waals surface area contributed by atoms with Crippen molar-refractivity contribution in [2.75, 3.05) is 20.0 Å². The fourth-order valence-corrected chi connectivity index (χ4v) is 4.26. The summed E-state index contributed by atoms with van der Waals surface area (Å²) >= 11 is 1.34. The van der Waals surface area contributed by atoms with Gasteiger partial charge in [0.1, 0.15) is 17.0 Å². The molecular formula is C24H22N6O3S. The Labute approximate surface area is 199 Å². The Hall–Kier alpha value is -4.05. The maximum Gasteiger partial charge on any atom is 0.230 e. The van der Waals surface area contributed by atoms with Gasteiger partial charge in [0.15, 0.2) is 10.8 Å². The summed E-state index contributed by atoms with van der Waals surface area (Å²) < 4.78 is 14.0. The summed E-state index contributed by atoms with van der Waals surface area (Å²) in [7, 11) is 3.27. The van der Waals surface area contributed by atoms with Gasteiger partial charge in [0, 0.05) is 24.5 Å². The molecule has 5 aromatic rings. The van der Waals surface area contributed by atoms with Crippen LogP contribution in [0.2, 0.25) is 0 Å². The number of amides is 1. The zero-order chi connectivity index (χ0) is 23.5. The van der Waals surface area contributed by atoms with Crippen LogP contribution in [0.1, 0.15) is 5.56 Å². The van der Waals surface area contributed by atoms with Crippen LogP contribution >= 0.6 is 11.8 Å². The van der Waals surface area contributed by atoms with Gasteiger partial charge in [0.05, 0.1) is 25.7 Å². The molecule has 0 aliphatic carbocycles. The van der Waals surface area contributed by atoms with Crippen LogP contribution in [-0.2, 0) is 11.3 Å². The highest BCUT2D eigenvalue weighted by molar-refractivity contribution is 7.99. The fraction of sp³-hybridized carbons (Fsp3) is 0.167. The molecule has 172 valence electrons. The molecule has 0 unspecified atom stereocenters. The summed E-state index contributed by atoms with van der Waals surface area (Å²) in [4.78, 5) is 12.4. The molecular weight excluding hydrogens is 452 g/mol. The van der Waals surface area contributed by atoms with E-state index in [-0.39, 0.29) is 11.7 Å². The maximum atomic E-state index is 12.4. The number of carbonyl (C=O) groups is 1. The topological polar surface area (TPSA) is 95.0 Å². The number of nitrogens with one attached hydrogen (secondary N) is 1. The van der Waals surface area contributed by atoms with Crippen LogP contribution in [0.15, 0.2) is 72.1 Å². The van der Waals surface area contributed by atoms with Crippen molar-refractivity contribution in [3.05, 3.63) is 72.6 Å². The van der Waals surface area contributed by atoms with Crippen LogP contribution in [0.3, 0.4) is 0 Å². The number of carbonyl (C=O) groups excluding carboxylic acids is 1. The van der Waals surface area contributed by atoms with Crippen molar-refractivity contribution in [1.29, 1.82) is 0 Å². The highest BCUT2D eigenvalue weighted by atomic mass is 32.2. The molecule has 0 saturated heterocycles. The van der Waals surface area contributed by atoms with Crippen molar-refractivity contribution in [1.82, 2.24) is 29.5 Å². The van der Waals surface area contributed by atoms with Crippen LogP contribution < -0.4 is 14.8 Å². The number of methoxy groups -OCH3 is 2. The quantitative estimate of drug-likeness (QED) is 0.344. The Morgan fingerprint density at radius 1 is 0.971 bits per heavy atom. The van der Waals surface area contributed by atoms with Crippen LogP contribution in [0.5, 0.6) is 11.5 Å². The molecule has 1 amide bonds. The van der Waals surface area contributed by atoms with Crippen molar-refractivity contribution in [2.45, 2.75) is 11.7 Å². The van der Waals surface area contributed by atoms with Gasteiger partial charge in [-0.1, -0.05) is 23.9 Å². The molecule has 5 rings (SSSR count). The number of benzene rings is 2. The fourth-order valence-electron chi connectivity index (χ4n) is 3.52. The van der Waals surface area contributed by atoms with E-state index in [4.69, 9.17) is 9.47 Å². The summed E-state index contributed by atoms with van der Waals surface area (Å²) in [5.41, 5.74) is 4.31. The summed E-state index contributed by atoms with van der Waals surface area (Å²) in [5.74, 6) is 1.73. The number of ether oxygens (including phenoxy) is 2. The van der Waals surface area contributed by atoms with Gasteiger partial charge in [-0.15, -0.1) is 10.2 Å². The molecule has 34 heavy (non-hydrogen) atoms. The minimum atomic E-state index is -0.0789. The number of thioether (sulfide) groups is 1. The van der Waals surface area contributed by atoms with Gasteiger partial charge in [-0.05, 0) is 48.0 Å². The van der Waals surface area contributed by atoms with Gasteiger partial charge in [-0.25, -0.2) is 4.52 Å². The number of nitrogens with zero attached hydrogens (tertiary/aromatic N) is 5. The van der Waals surface area contributed by atoms with E-state index in [0.29, 0.717) is 17.3 Å². The van der Waals surface area contributed by atoms with Crippen molar-refractivity contribution >= 4 is 28.8 Å². The Morgan fingerprint density at radius 3 is 2.38 bits per heavy atom. The second-order valence-electron chi connectivity index (χ2n) is 7.48. The number of hydrogen-bond donors (Lipinski definition) is 1. The first kappa shape index (κ1) is 21.8. The van der Waals surface area contributed by atoms with E-state index in [9.17, 15) is 4.79 Å². The Morgan fingerprint density at radius 2 is 1.68 bits per heavy atom.